The Hall–Kier alpha value is -2.63. The third-order valence-electron chi connectivity index (χ3n) is 3.87. The van der Waals surface area contributed by atoms with E-state index in [4.69, 9.17) is 0 Å². The van der Waals surface area contributed by atoms with Crippen molar-refractivity contribution in [1.82, 2.24) is 15.1 Å². The number of rotatable bonds is 8. The van der Waals surface area contributed by atoms with E-state index < -0.39 is 17.9 Å². The molecule has 1 aromatic carbocycles. The van der Waals surface area contributed by atoms with Crippen molar-refractivity contribution in [2.45, 2.75) is 39.3 Å². The number of aromatic nitrogens is 2. The van der Waals surface area contributed by atoms with Gasteiger partial charge in [-0.15, -0.1) is 6.58 Å². The maximum absolute atomic E-state index is 12.6. The van der Waals surface area contributed by atoms with E-state index >= 15 is 0 Å². The number of carbonyl (C=O) groups excluding carboxylic acids is 1. The van der Waals surface area contributed by atoms with Crippen molar-refractivity contribution < 1.29 is 14.7 Å². The lowest BCUT2D eigenvalue weighted by Gasteiger charge is -2.17. The molecule has 0 aliphatic rings. The maximum atomic E-state index is 12.6. The van der Waals surface area contributed by atoms with Gasteiger partial charge >= 0.3 is 5.97 Å². The van der Waals surface area contributed by atoms with Crippen LogP contribution in [-0.4, -0.2) is 32.8 Å². The standard InChI is InChI=1S/C18H23N3O3/c1-4-5-8-11-21-14-10-7-6-9-13(14)16(20-21)17(22)19-15(12(2)3)18(23)24/h4,6-7,9-10,12,15H,1,5,8,11H2,2-3H3,(H,19,22)(H,23,24). The van der Waals surface area contributed by atoms with Crippen LogP contribution in [0.1, 0.15) is 37.2 Å². The second kappa shape index (κ2) is 7.77. The van der Waals surface area contributed by atoms with E-state index in [2.05, 4.69) is 17.0 Å². The summed E-state index contributed by atoms with van der Waals surface area (Å²) in [6.07, 6.45) is 3.59. The van der Waals surface area contributed by atoms with Crippen LogP contribution in [0.3, 0.4) is 0 Å². The maximum Gasteiger partial charge on any atom is 0.326 e. The highest BCUT2D eigenvalue weighted by Gasteiger charge is 2.26. The summed E-state index contributed by atoms with van der Waals surface area (Å²) in [6, 6.07) is 6.52. The molecule has 0 saturated heterocycles. The lowest BCUT2D eigenvalue weighted by Crippen LogP contribution is -2.44. The quantitative estimate of drug-likeness (QED) is 0.576. The number of unbranched alkanes of at least 4 members (excludes halogenated alkanes) is 1. The summed E-state index contributed by atoms with van der Waals surface area (Å²) in [5, 5.41) is 17.0. The fourth-order valence-electron chi connectivity index (χ4n) is 2.57. The van der Waals surface area contributed by atoms with Gasteiger partial charge in [-0.3, -0.25) is 9.48 Å². The van der Waals surface area contributed by atoms with Crippen LogP contribution in [0, 0.1) is 5.92 Å². The van der Waals surface area contributed by atoms with E-state index in [1.807, 2.05) is 30.3 Å². The van der Waals surface area contributed by atoms with Crippen molar-refractivity contribution >= 4 is 22.8 Å². The first-order valence-corrected chi connectivity index (χ1v) is 8.05. The third kappa shape index (κ3) is 3.82. The van der Waals surface area contributed by atoms with Gasteiger partial charge in [0.2, 0.25) is 0 Å². The van der Waals surface area contributed by atoms with Crippen molar-refractivity contribution in [3.63, 3.8) is 0 Å². The van der Waals surface area contributed by atoms with E-state index in [0.29, 0.717) is 6.54 Å². The highest BCUT2D eigenvalue weighted by atomic mass is 16.4. The topological polar surface area (TPSA) is 84.2 Å². The number of nitrogens with one attached hydrogen (secondary N) is 1. The number of carboxylic acid groups (broad SMARTS) is 1. The monoisotopic (exact) mass is 329 g/mol. The molecule has 0 saturated carbocycles. The minimum absolute atomic E-state index is 0.215. The van der Waals surface area contributed by atoms with Crippen LogP contribution in [0.2, 0.25) is 0 Å². The van der Waals surface area contributed by atoms with Gasteiger partial charge in [0.25, 0.3) is 5.91 Å². The number of fused-ring (bicyclic) bond motifs is 1. The number of aliphatic carboxylic acids is 1. The molecule has 24 heavy (non-hydrogen) atoms. The fraction of sp³-hybridized carbons (Fsp3) is 0.389. The van der Waals surface area contributed by atoms with Gasteiger partial charge in [0.15, 0.2) is 5.69 Å². The Bertz CT molecular complexity index is 749. The minimum atomic E-state index is -1.05. The summed E-state index contributed by atoms with van der Waals surface area (Å²) in [4.78, 5) is 23.9. The number of nitrogens with zero attached hydrogens (tertiary/aromatic N) is 2. The number of hydrogen-bond acceptors (Lipinski definition) is 3. The number of benzene rings is 1. The summed E-state index contributed by atoms with van der Waals surface area (Å²) in [6.45, 7) is 7.89. The fourth-order valence-corrected chi connectivity index (χ4v) is 2.57. The average Bonchev–Trinajstić information content (AvgIpc) is 2.91. The third-order valence-corrected chi connectivity index (χ3v) is 3.87. The van der Waals surface area contributed by atoms with Crippen LogP contribution >= 0.6 is 0 Å². The number of para-hydroxylation sites is 1. The second-order valence-corrected chi connectivity index (χ2v) is 6.05. The van der Waals surface area contributed by atoms with E-state index in [1.54, 1.807) is 18.5 Å². The first-order chi connectivity index (χ1) is 11.5. The van der Waals surface area contributed by atoms with Gasteiger partial charge in [0.05, 0.1) is 5.52 Å². The molecule has 2 rings (SSSR count). The Labute approximate surface area is 141 Å². The van der Waals surface area contributed by atoms with Crippen molar-refractivity contribution in [2.24, 2.45) is 5.92 Å². The summed E-state index contributed by atoms with van der Waals surface area (Å²) in [7, 11) is 0. The van der Waals surface area contributed by atoms with Crippen LogP contribution < -0.4 is 5.32 Å². The highest BCUT2D eigenvalue weighted by molar-refractivity contribution is 6.05. The van der Waals surface area contributed by atoms with Crippen LogP contribution in [0.4, 0.5) is 0 Å². The molecule has 1 aromatic heterocycles. The molecule has 1 unspecified atom stereocenters. The van der Waals surface area contributed by atoms with Gasteiger partial charge in [-0.1, -0.05) is 38.1 Å². The number of carbonyl (C=O) groups is 2. The van der Waals surface area contributed by atoms with Crippen molar-refractivity contribution in [2.75, 3.05) is 0 Å². The van der Waals surface area contributed by atoms with E-state index in [0.717, 1.165) is 23.7 Å². The second-order valence-electron chi connectivity index (χ2n) is 6.05. The lowest BCUT2D eigenvalue weighted by atomic mass is 10.0. The van der Waals surface area contributed by atoms with E-state index in [9.17, 15) is 14.7 Å². The first-order valence-electron chi connectivity index (χ1n) is 8.05. The molecule has 0 spiro atoms. The number of aryl methyl sites for hydroxylation is 1. The Kier molecular flexibility index (Phi) is 5.73. The predicted molar refractivity (Wildman–Crippen MR) is 92.9 cm³/mol. The Morgan fingerprint density at radius 1 is 1.38 bits per heavy atom. The van der Waals surface area contributed by atoms with Gasteiger partial charge < -0.3 is 10.4 Å². The molecule has 0 bridgehead atoms. The molecule has 6 heteroatoms. The van der Waals surface area contributed by atoms with Crippen molar-refractivity contribution in [1.29, 1.82) is 0 Å². The van der Waals surface area contributed by atoms with Gasteiger partial charge in [-0.25, -0.2) is 4.79 Å². The SMILES string of the molecule is C=CCCCn1nc(C(=O)NC(C(=O)O)C(C)C)c2ccccc21. The molecule has 0 aliphatic carbocycles. The molecule has 0 fully saturated rings. The number of carboxylic acids is 1. The molecule has 1 atom stereocenters. The zero-order chi connectivity index (χ0) is 17.7. The first kappa shape index (κ1) is 17.7. The molecule has 0 radical (unpaired) electrons. The van der Waals surface area contributed by atoms with Crippen LogP contribution in [0.5, 0.6) is 0 Å². The normalized spacial score (nSPS) is 12.3. The number of amides is 1. The van der Waals surface area contributed by atoms with Gasteiger partial charge in [-0.2, -0.15) is 5.10 Å². The predicted octanol–water partition coefficient (Wildman–Crippen LogP) is 2.84. The zero-order valence-electron chi connectivity index (χ0n) is 14.0. The van der Waals surface area contributed by atoms with Crippen molar-refractivity contribution in [3.05, 3.63) is 42.6 Å². The van der Waals surface area contributed by atoms with E-state index in [1.165, 1.54) is 0 Å². The molecule has 2 aromatic rings. The Morgan fingerprint density at radius 3 is 2.71 bits per heavy atom. The lowest BCUT2D eigenvalue weighted by molar-refractivity contribution is -0.140. The molecular weight excluding hydrogens is 306 g/mol. The van der Waals surface area contributed by atoms with Gasteiger partial charge in [0, 0.05) is 11.9 Å². The summed E-state index contributed by atoms with van der Waals surface area (Å²) in [5.74, 6) is -1.73. The van der Waals surface area contributed by atoms with Crippen molar-refractivity contribution in [3.8, 4) is 0 Å². The zero-order valence-corrected chi connectivity index (χ0v) is 14.0. The molecular formula is C18H23N3O3. The molecule has 0 aliphatic heterocycles. The van der Waals surface area contributed by atoms with Crippen LogP contribution in [0.15, 0.2) is 36.9 Å². The summed E-state index contributed by atoms with van der Waals surface area (Å²) in [5.41, 5.74) is 1.12. The van der Waals surface area contributed by atoms with Gasteiger partial charge in [-0.05, 0) is 24.8 Å². The average molecular weight is 329 g/mol. The Balaban J connectivity index is 2.32. The molecule has 128 valence electrons. The smallest absolute Gasteiger partial charge is 0.326 e. The molecule has 1 amide bonds. The van der Waals surface area contributed by atoms with Crippen LogP contribution in [-0.2, 0) is 11.3 Å². The van der Waals surface area contributed by atoms with Crippen LogP contribution in [0.25, 0.3) is 10.9 Å². The molecule has 6 nitrogen and oxygen atoms in total. The summed E-state index contributed by atoms with van der Waals surface area (Å²) >= 11 is 0. The molecule has 2 N–H and O–H groups in total. The minimum Gasteiger partial charge on any atom is -0.480 e. The Morgan fingerprint density at radius 2 is 2.08 bits per heavy atom. The molecule has 1 heterocycles. The number of hydrogen-bond donors (Lipinski definition) is 2. The summed E-state index contributed by atoms with van der Waals surface area (Å²) < 4.78 is 1.79. The van der Waals surface area contributed by atoms with Gasteiger partial charge in [0.1, 0.15) is 6.04 Å². The number of allylic oxidation sites excluding steroid dienone is 1. The largest absolute Gasteiger partial charge is 0.480 e. The highest BCUT2D eigenvalue weighted by Crippen LogP contribution is 2.19. The van der Waals surface area contributed by atoms with E-state index in [-0.39, 0.29) is 11.6 Å².